The Labute approximate surface area is 190 Å². The van der Waals surface area contributed by atoms with Gasteiger partial charge in [-0.25, -0.2) is 9.59 Å². The molecule has 0 aliphatic carbocycles. The van der Waals surface area contributed by atoms with Crippen molar-refractivity contribution in [3.8, 4) is 0 Å². The smallest absolute Gasteiger partial charge is 0.339 e. The average Bonchev–Trinajstić information content (AvgIpc) is 2.78. The van der Waals surface area contributed by atoms with Gasteiger partial charge in [-0.3, -0.25) is 0 Å². The zero-order chi connectivity index (χ0) is 23.4. The van der Waals surface area contributed by atoms with E-state index in [1.165, 1.54) is 11.1 Å². The first kappa shape index (κ1) is 23.8. The molecule has 0 aromatic heterocycles. The predicted octanol–water partition coefficient (Wildman–Crippen LogP) is 6.74. The molecule has 0 amide bonds. The van der Waals surface area contributed by atoms with E-state index in [0.29, 0.717) is 24.3 Å². The summed E-state index contributed by atoms with van der Waals surface area (Å²) in [4.78, 5) is 26.6. The molecule has 0 aliphatic heterocycles. The van der Waals surface area contributed by atoms with Crippen LogP contribution in [0.5, 0.6) is 0 Å². The van der Waals surface area contributed by atoms with Gasteiger partial charge in [-0.1, -0.05) is 65.8 Å². The van der Waals surface area contributed by atoms with E-state index in [4.69, 9.17) is 9.47 Å². The number of hydrogen-bond acceptors (Lipinski definition) is 4. The molecule has 170 valence electrons. The molecule has 4 nitrogen and oxygen atoms in total. The number of rotatable bonds is 8. The van der Waals surface area contributed by atoms with Crippen molar-refractivity contribution in [1.29, 1.82) is 0 Å². The number of benzene rings is 3. The van der Waals surface area contributed by atoms with E-state index < -0.39 is 0 Å². The van der Waals surface area contributed by atoms with E-state index in [0.717, 1.165) is 34.4 Å². The van der Waals surface area contributed by atoms with Crippen molar-refractivity contribution < 1.29 is 19.1 Å². The first-order valence-electron chi connectivity index (χ1n) is 11.6. The van der Waals surface area contributed by atoms with Crippen LogP contribution in [0.4, 0.5) is 0 Å². The van der Waals surface area contributed by atoms with Gasteiger partial charge in [0.05, 0.1) is 24.3 Å². The molecule has 0 unspecified atom stereocenters. The molecule has 0 saturated heterocycles. The van der Waals surface area contributed by atoms with Crippen molar-refractivity contribution in [2.45, 2.75) is 54.4 Å². The van der Waals surface area contributed by atoms with E-state index >= 15 is 0 Å². The van der Waals surface area contributed by atoms with Gasteiger partial charge in [0.1, 0.15) is 0 Å². The highest BCUT2D eigenvalue weighted by atomic mass is 16.5. The van der Waals surface area contributed by atoms with Crippen LogP contribution in [0.15, 0.2) is 36.4 Å². The Balaban J connectivity index is 2.38. The third-order valence-electron chi connectivity index (χ3n) is 5.61. The Morgan fingerprint density at radius 1 is 0.688 bits per heavy atom. The van der Waals surface area contributed by atoms with Gasteiger partial charge in [-0.2, -0.15) is 0 Å². The molecule has 32 heavy (non-hydrogen) atoms. The molecule has 0 heterocycles. The number of hydrogen-bond donors (Lipinski definition) is 0. The summed E-state index contributed by atoms with van der Waals surface area (Å²) < 4.78 is 11.3. The van der Waals surface area contributed by atoms with Crippen LogP contribution in [0.25, 0.3) is 21.5 Å². The second kappa shape index (κ2) is 10.2. The van der Waals surface area contributed by atoms with Crippen molar-refractivity contribution in [2.75, 3.05) is 13.2 Å². The maximum atomic E-state index is 13.3. The Bertz CT molecular complexity index is 1050. The maximum Gasteiger partial charge on any atom is 0.339 e. The topological polar surface area (TPSA) is 52.6 Å². The monoisotopic (exact) mass is 434 g/mol. The Hall–Kier alpha value is -2.88. The molecular formula is C28H34O4. The lowest BCUT2D eigenvalue weighted by atomic mass is 9.88. The predicted molar refractivity (Wildman–Crippen MR) is 130 cm³/mol. The fourth-order valence-electron chi connectivity index (χ4n) is 4.04. The standard InChI is InChI=1S/C28H34O4/c1-7-19-13-23-24(14-20(19)8-2)26(28(30)32-16-18(5)6)22-12-10-9-11-21(22)25(23)27(29)31-15-17(3)4/h9-14,17-18H,7-8,15-16H2,1-6H3. The van der Waals surface area contributed by atoms with Crippen molar-refractivity contribution in [1.82, 2.24) is 0 Å². The molecule has 0 aliphatic rings. The Morgan fingerprint density at radius 3 is 1.38 bits per heavy atom. The van der Waals surface area contributed by atoms with Crippen molar-refractivity contribution in [3.63, 3.8) is 0 Å². The van der Waals surface area contributed by atoms with Crippen LogP contribution in [0.3, 0.4) is 0 Å². The molecule has 0 N–H and O–H groups in total. The van der Waals surface area contributed by atoms with E-state index in [2.05, 4.69) is 26.0 Å². The number of carbonyl (C=O) groups excluding carboxylic acids is 2. The molecule has 0 bridgehead atoms. The molecule has 0 spiro atoms. The van der Waals surface area contributed by atoms with E-state index in [1.807, 2.05) is 52.0 Å². The largest absolute Gasteiger partial charge is 0.462 e. The Kier molecular flexibility index (Phi) is 7.55. The lowest BCUT2D eigenvalue weighted by molar-refractivity contribution is 0.0452. The van der Waals surface area contributed by atoms with Gasteiger partial charge in [-0.05, 0) is 69.5 Å². The second-order valence-corrected chi connectivity index (χ2v) is 9.15. The van der Waals surface area contributed by atoms with Crippen LogP contribution < -0.4 is 0 Å². The lowest BCUT2D eigenvalue weighted by Crippen LogP contribution is -2.15. The highest BCUT2D eigenvalue weighted by molar-refractivity contribution is 6.24. The quantitative estimate of drug-likeness (QED) is 0.291. The summed E-state index contributed by atoms with van der Waals surface area (Å²) in [5.74, 6) is -0.235. The summed E-state index contributed by atoms with van der Waals surface area (Å²) in [6, 6.07) is 11.7. The van der Waals surface area contributed by atoms with E-state index in [9.17, 15) is 9.59 Å². The number of aryl methyl sites for hydroxylation is 2. The summed E-state index contributed by atoms with van der Waals surface area (Å²) in [6.45, 7) is 13.0. The highest BCUT2D eigenvalue weighted by Gasteiger charge is 2.25. The van der Waals surface area contributed by atoms with E-state index in [-0.39, 0.29) is 23.8 Å². The first-order chi connectivity index (χ1) is 15.3. The van der Waals surface area contributed by atoms with Crippen LogP contribution in [-0.4, -0.2) is 25.2 Å². The third-order valence-corrected chi connectivity index (χ3v) is 5.61. The van der Waals surface area contributed by atoms with Gasteiger partial charge in [-0.15, -0.1) is 0 Å². The van der Waals surface area contributed by atoms with E-state index in [1.54, 1.807) is 0 Å². The minimum Gasteiger partial charge on any atom is -0.462 e. The lowest BCUT2D eigenvalue weighted by Gasteiger charge is -2.19. The van der Waals surface area contributed by atoms with Crippen molar-refractivity contribution in [3.05, 3.63) is 58.7 Å². The molecule has 0 atom stereocenters. The fourth-order valence-corrected chi connectivity index (χ4v) is 4.04. The second-order valence-electron chi connectivity index (χ2n) is 9.15. The summed E-state index contributed by atoms with van der Waals surface area (Å²) in [6.07, 6.45) is 1.69. The molecule has 0 fully saturated rings. The van der Waals surface area contributed by atoms with Crippen LogP contribution in [-0.2, 0) is 22.3 Å². The normalized spacial score (nSPS) is 11.5. The molecule has 3 aromatic carbocycles. The average molecular weight is 435 g/mol. The van der Waals surface area contributed by atoms with Gasteiger partial charge >= 0.3 is 11.9 Å². The molecule has 0 radical (unpaired) electrons. The summed E-state index contributed by atoms with van der Waals surface area (Å²) in [5.41, 5.74) is 3.40. The van der Waals surface area contributed by atoms with Gasteiger partial charge < -0.3 is 9.47 Å². The molecule has 3 rings (SSSR count). The number of esters is 2. The van der Waals surface area contributed by atoms with Crippen molar-refractivity contribution >= 4 is 33.5 Å². The van der Waals surface area contributed by atoms with Gasteiger partial charge in [0, 0.05) is 0 Å². The number of ether oxygens (including phenoxy) is 2. The number of fused-ring (bicyclic) bond motifs is 2. The first-order valence-corrected chi connectivity index (χ1v) is 11.6. The Morgan fingerprint density at radius 2 is 1.06 bits per heavy atom. The van der Waals surface area contributed by atoms with Crippen LogP contribution >= 0.6 is 0 Å². The van der Waals surface area contributed by atoms with Gasteiger partial charge in [0.15, 0.2) is 0 Å². The number of carbonyl (C=O) groups is 2. The SMILES string of the molecule is CCc1cc2c(C(=O)OCC(C)C)c3ccccc3c(C(=O)OCC(C)C)c2cc1CC. The van der Waals surface area contributed by atoms with Gasteiger partial charge in [0.25, 0.3) is 0 Å². The minimum absolute atomic E-state index is 0.236. The summed E-state index contributed by atoms with van der Waals surface area (Å²) in [7, 11) is 0. The van der Waals surface area contributed by atoms with Crippen LogP contribution in [0.2, 0.25) is 0 Å². The zero-order valence-corrected chi connectivity index (χ0v) is 20.1. The highest BCUT2D eigenvalue weighted by Crippen LogP contribution is 2.36. The van der Waals surface area contributed by atoms with Gasteiger partial charge in [0.2, 0.25) is 0 Å². The molecule has 4 heteroatoms. The molecule has 0 saturated carbocycles. The minimum atomic E-state index is -0.353. The fraction of sp³-hybridized carbons (Fsp3) is 0.429. The molecule has 3 aromatic rings. The zero-order valence-electron chi connectivity index (χ0n) is 20.1. The molecular weight excluding hydrogens is 400 g/mol. The van der Waals surface area contributed by atoms with Crippen LogP contribution in [0, 0.1) is 11.8 Å². The van der Waals surface area contributed by atoms with Crippen LogP contribution in [0.1, 0.15) is 73.4 Å². The third kappa shape index (κ3) is 4.79. The summed E-state index contributed by atoms with van der Waals surface area (Å²) in [5, 5.41) is 2.94. The summed E-state index contributed by atoms with van der Waals surface area (Å²) >= 11 is 0. The maximum absolute atomic E-state index is 13.3. The van der Waals surface area contributed by atoms with Crippen molar-refractivity contribution in [2.24, 2.45) is 11.8 Å².